The quantitative estimate of drug-likeness (QED) is 0.430. The molecular formula is C19H20FN3O5. The van der Waals surface area contributed by atoms with Gasteiger partial charge in [-0.2, -0.15) is 4.39 Å². The van der Waals surface area contributed by atoms with Crippen LogP contribution in [0.3, 0.4) is 0 Å². The summed E-state index contributed by atoms with van der Waals surface area (Å²) in [6, 6.07) is 12.1. The molecule has 0 fully saturated rings. The molecule has 0 saturated heterocycles. The number of carbonyl (C=O) groups is 2. The highest BCUT2D eigenvalue weighted by Crippen LogP contribution is 2.28. The minimum absolute atomic E-state index is 0.0415. The third-order valence-corrected chi connectivity index (χ3v) is 4.40. The molecule has 28 heavy (non-hydrogen) atoms. The van der Waals surface area contributed by atoms with Gasteiger partial charge in [0.15, 0.2) is 0 Å². The van der Waals surface area contributed by atoms with E-state index in [1.807, 2.05) is 37.3 Å². The van der Waals surface area contributed by atoms with E-state index in [2.05, 4.69) is 10.6 Å². The van der Waals surface area contributed by atoms with Crippen molar-refractivity contribution in [3.8, 4) is 0 Å². The lowest BCUT2D eigenvalue weighted by Gasteiger charge is -2.32. The number of nitrogens with zero attached hydrogens (tertiary/aromatic N) is 1. The normalized spacial score (nSPS) is 12.7. The van der Waals surface area contributed by atoms with Gasteiger partial charge in [-0.1, -0.05) is 37.3 Å². The van der Waals surface area contributed by atoms with Crippen LogP contribution >= 0.6 is 0 Å². The SMILES string of the molecule is CCC(CNC(=O)C(=O)Nc1ccc(F)c([N+](=O)[O-])c1)(OC)c1ccccc1. The summed E-state index contributed by atoms with van der Waals surface area (Å²) in [6.07, 6.45) is 0.541. The van der Waals surface area contributed by atoms with E-state index >= 15 is 0 Å². The summed E-state index contributed by atoms with van der Waals surface area (Å²) in [7, 11) is 1.51. The van der Waals surface area contributed by atoms with Gasteiger partial charge < -0.3 is 15.4 Å². The van der Waals surface area contributed by atoms with Crippen molar-refractivity contribution in [2.75, 3.05) is 19.0 Å². The second-order valence-electron chi connectivity index (χ2n) is 5.98. The predicted molar refractivity (Wildman–Crippen MR) is 100 cm³/mol. The maximum absolute atomic E-state index is 13.4. The van der Waals surface area contributed by atoms with Crippen molar-refractivity contribution in [1.29, 1.82) is 0 Å². The smallest absolute Gasteiger partial charge is 0.313 e. The van der Waals surface area contributed by atoms with Crippen LogP contribution in [0.25, 0.3) is 0 Å². The van der Waals surface area contributed by atoms with E-state index in [9.17, 15) is 24.1 Å². The monoisotopic (exact) mass is 389 g/mol. The molecule has 148 valence electrons. The Bertz CT molecular complexity index is 869. The van der Waals surface area contributed by atoms with E-state index in [1.54, 1.807) is 0 Å². The second kappa shape index (κ2) is 9.05. The van der Waals surface area contributed by atoms with Crippen LogP contribution in [0, 0.1) is 15.9 Å². The third kappa shape index (κ3) is 4.68. The number of methoxy groups -OCH3 is 1. The molecule has 1 atom stereocenters. The van der Waals surface area contributed by atoms with Crippen molar-refractivity contribution in [2.24, 2.45) is 0 Å². The topological polar surface area (TPSA) is 111 Å². The van der Waals surface area contributed by atoms with E-state index in [1.165, 1.54) is 7.11 Å². The zero-order chi connectivity index (χ0) is 20.7. The molecular weight excluding hydrogens is 369 g/mol. The molecule has 0 aromatic heterocycles. The number of nitro benzene ring substituents is 1. The summed E-state index contributed by atoms with van der Waals surface area (Å²) in [5.41, 5.74) is -0.836. The van der Waals surface area contributed by atoms with Crippen LogP contribution < -0.4 is 10.6 Å². The van der Waals surface area contributed by atoms with Gasteiger partial charge in [0.25, 0.3) is 0 Å². The molecule has 1 unspecified atom stereocenters. The highest BCUT2D eigenvalue weighted by atomic mass is 19.1. The zero-order valence-electron chi connectivity index (χ0n) is 15.4. The zero-order valence-corrected chi connectivity index (χ0v) is 15.4. The third-order valence-electron chi connectivity index (χ3n) is 4.40. The molecule has 0 aliphatic heterocycles. The molecule has 2 rings (SSSR count). The minimum atomic E-state index is -1.04. The number of hydrogen-bond acceptors (Lipinski definition) is 5. The molecule has 2 aromatic rings. The van der Waals surface area contributed by atoms with Gasteiger partial charge in [-0.25, -0.2) is 0 Å². The first-order valence-corrected chi connectivity index (χ1v) is 8.46. The van der Waals surface area contributed by atoms with Crippen LogP contribution in [-0.4, -0.2) is 30.4 Å². The van der Waals surface area contributed by atoms with Gasteiger partial charge in [0.2, 0.25) is 5.82 Å². The molecule has 0 saturated carbocycles. The number of carbonyl (C=O) groups excluding carboxylic acids is 2. The molecule has 9 heteroatoms. The fraction of sp³-hybridized carbons (Fsp3) is 0.263. The Hall–Kier alpha value is -3.33. The number of anilines is 1. The fourth-order valence-corrected chi connectivity index (χ4v) is 2.73. The summed E-state index contributed by atoms with van der Waals surface area (Å²) in [4.78, 5) is 34.1. The first-order chi connectivity index (χ1) is 13.3. The highest BCUT2D eigenvalue weighted by Gasteiger charge is 2.31. The number of ether oxygens (including phenoxy) is 1. The molecule has 0 aliphatic carbocycles. The summed E-state index contributed by atoms with van der Waals surface area (Å²) >= 11 is 0. The van der Waals surface area contributed by atoms with E-state index in [0.29, 0.717) is 6.42 Å². The lowest BCUT2D eigenvalue weighted by atomic mass is 9.90. The van der Waals surface area contributed by atoms with Crippen LogP contribution in [0.15, 0.2) is 48.5 Å². The summed E-state index contributed by atoms with van der Waals surface area (Å²) < 4.78 is 19.0. The van der Waals surface area contributed by atoms with Crippen molar-refractivity contribution < 1.29 is 23.6 Å². The van der Waals surface area contributed by atoms with Crippen molar-refractivity contribution >= 4 is 23.2 Å². The van der Waals surface area contributed by atoms with Gasteiger partial charge in [0, 0.05) is 18.9 Å². The Morgan fingerprint density at radius 3 is 2.43 bits per heavy atom. The van der Waals surface area contributed by atoms with Crippen LogP contribution in [-0.2, 0) is 19.9 Å². The first kappa shape index (κ1) is 21.0. The molecule has 2 aromatic carbocycles. The number of nitrogens with one attached hydrogen (secondary N) is 2. The number of hydrogen-bond donors (Lipinski definition) is 2. The van der Waals surface area contributed by atoms with Crippen LogP contribution in [0.1, 0.15) is 18.9 Å². The van der Waals surface area contributed by atoms with Gasteiger partial charge in [0.1, 0.15) is 5.60 Å². The molecule has 0 spiro atoms. The molecule has 2 N–H and O–H groups in total. The van der Waals surface area contributed by atoms with Crippen LogP contribution in [0.2, 0.25) is 0 Å². The van der Waals surface area contributed by atoms with Crippen molar-refractivity contribution in [3.05, 3.63) is 70.0 Å². The Kier molecular flexibility index (Phi) is 6.78. The number of halogens is 1. The number of rotatable bonds is 7. The minimum Gasteiger partial charge on any atom is -0.372 e. The summed E-state index contributed by atoms with van der Waals surface area (Å²) in [5.74, 6) is -3.02. The standard InChI is InChI=1S/C19H20FN3O5/c1-3-19(28-2,13-7-5-4-6-8-13)12-21-17(24)18(25)22-14-9-10-15(20)16(11-14)23(26)27/h4-11H,3,12H2,1-2H3,(H,21,24)(H,22,25). The Morgan fingerprint density at radius 1 is 1.18 bits per heavy atom. The van der Waals surface area contributed by atoms with Crippen molar-refractivity contribution in [2.45, 2.75) is 18.9 Å². The summed E-state index contributed by atoms with van der Waals surface area (Å²) in [5, 5.41) is 15.5. The molecule has 2 amide bonds. The molecule has 0 aliphatic rings. The van der Waals surface area contributed by atoms with E-state index in [4.69, 9.17) is 4.74 Å². The van der Waals surface area contributed by atoms with Gasteiger partial charge in [0.05, 0.1) is 11.5 Å². The van der Waals surface area contributed by atoms with Crippen molar-refractivity contribution in [1.82, 2.24) is 5.32 Å². The maximum atomic E-state index is 13.4. The summed E-state index contributed by atoms with van der Waals surface area (Å²) in [6.45, 7) is 1.93. The Balaban J connectivity index is 2.07. The molecule has 0 heterocycles. The first-order valence-electron chi connectivity index (χ1n) is 8.46. The maximum Gasteiger partial charge on any atom is 0.313 e. The van der Waals surface area contributed by atoms with E-state index in [0.717, 1.165) is 23.8 Å². The van der Waals surface area contributed by atoms with Gasteiger partial charge in [-0.05, 0) is 24.1 Å². The van der Waals surface area contributed by atoms with Crippen molar-refractivity contribution in [3.63, 3.8) is 0 Å². The number of benzene rings is 2. The Labute approximate surface area is 160 Å². The molecule has 0 radical (unpaired) electrons. The molecule has 8 nitrogen and oxygen atoms in total. The average Bonchev–Trinajstić information content (AvgIpc) is 2.71. The predicted octanol–water partition coefficient (Wildman–Crippen LogP) is 2.74. The fourth-order valence-electron chi connectivity index (χ4n) is 2.73. The van der Waals surface area contributed by atoms with Crippen LogP contribution in [0.4, 0.5) is 15.8 Å². The van der Waals surface area contributed by atoms with Crippen LogP contribution in [0.5, 0.6) is 0 Å². The van der Waals surface area contributed by atoms with Gasteiger partial charge >= 0.3 is 17.5 Å². The number of amides is 2. The Morgan fingerprint density at radius 2 is 1.86 bits per heavy atom. The average molecular weight is 389 g/mol. The van der Waals surface area contributed by atoms with Gasteiger partial charge in [-0.15, -0.1) is 0 Å². The highest BCUT2D eigenvalue weighted by molar-refractivity contribution is 6.39. The second-order valence-corrected chi connectivity index (χ2v) is 5.98. The van der Waals surface area contributed by atoms with E-state index < -0.39 is 33.8 Å². The molecule has 0 bridgehead atoms. The largest absolute Gasteiger partial charge is 0.372 e. The number of nitro groups is 1. The lowest BCUT2D eigenvalue weighted by Crippen LogP contribution is -2.45. The van der Waals surface area contributed by atoms with Gasteiger partial charge in [-0.3, -0.25) is 19.7 Å². The van der Waals surface area contributed by atoms with E-state index in [-0.39, 0.29) is 12.2 Å². The lowest BCUT2D eigenvalue weighted by molar-refractivity contribution is -0.387.